The van der Waals surface area contributed by atoms with Crippen LogP contribution in [0.2, 0.25) is 0 Å². The normalized spacial score (nSPS) is 10.3. The summed E-state index contributed by atoms with van der Waals surface area (Å²) in [5, 5.41) is 13.5. The summed E-state index contributed by atoms with van der Waals surface area (Å²) >= 11 is 5.51. The minimum absolute atomic E-state index is 0.0344. The van der Waals surface area contributed by atoms with Crippen molar-refractivity contribution < 1.29 is 9.90 Å². The number of hydrogen-bond donors (Lipinski definition) is 2. The number of carbonyl (C=O) groups excluding carboxylic acids is 1. The molecule has 1 aromatic rings. The number of nitrogens with one attached hydrogen (secondary N) is 1. The lowest BCUT2D eigenvalue weighted by Gasteiger charge is -2.07. The van der Waals surface area contributed by atoms with E-state index in [9.17, 15) is 9.90 Å². The molecule has 0 saturated heterocycles. The van der Waals surface area contributed by atoms with Gasteiger partial charge in [-0.1, -0.05) is 28.8 Å². The molecule has 0 heterocycles. The second-order valence-electron chi connectivity index (χ2n) is 4.02. The predicted octanol–water partition coefficient (Wildman–Crippen LogP) is 3.68. The summed E-state index contributed by atoms with van der Waals surface area (Å²) in [5.74, 6) is -0.168. The molecule has 0 aromatic heterocycles. The maximum absolute atomic E-state index is 11.8. The monoisotopic (exact) mass is 425 g/mol. The molecule has 0 bridgehead atoms. The number of hydrogen-bond acceptors (Lipinski definition) is 2. The van der Waals surface area contributed by atoms with Crippen molar-refractivity contribution in [3.63, 3.8) is 0 Å². The number of aromatic hydroxyl groups is 1. The van der Waals surface area contributed by atoms with Crippen molar-refractivity contribution in [1.82, 2.24) is 5.32 Å². The van der Waals surface area contributed by atoms with Gasteiger partial charge in [0, 0.05) is 15.4 Å². The largest absolute Gasteiger partial charge is 0.507 e. The molecule has 100 valence electrons. The fourth-order valence-electron chi connectivity index (χ4n) is 1.56. The molecular formula is C13H17BrINO2. The van der Waals surface area contributed by atoms with Crippen LogP contribution in [0.5, 0.6) is 5.75 Å². The Morgan fingerprint density at radius 1 is 1.28 bits per heavy atom. The van der Waals surface area contributed by atoms with Crippen LogP contribution >= 0.6 is 38.5 Å². The van der Waals surface area contributed by atoms with Crippen LogP contribution in [0.1, 0.15) is 36.0 Å². The third-order valence-electron chi connectivity index (χ3n) is 2.55. The van der Waals surface area contributed by atoms with Crippen LogP contribution in [-0.4, -0.2) is 22.9 Å². The van der Waals surface area contributed by atoms with Crippen LogP contribution in [0.15, 0.2) is 18.2 Å². The Kier molecular flexibility index (Phi) is 7.65. The van der Waals surface area contributed by atoms with Crippen molar-refractivity contribution in [2.45, 2.75) is 25.7 Å². The predicted molar refractivity (Wildman–Crippen MR) is 85.4 cm³/mol. The number of phenolic OH excluding ortho intramolecular Hbond substituents is 1. The van der Waals surface area contributed by atoms with E-state index in [0.717, 1.165) is 21.7 Å². The van der Waals surface area contributed by atoms with Gasteiger partial charge in [0.05, 0.1) is 5.56 Å². The third kappa shape index (κ3) is 5.56. The SMILES string of the molecule is O=C(NCCCCCCBr)c1cc(I)ccc1O. The van der Waals surface area contributed by atoms with E-state index < -0.39 is 0 Å². The number of alkyl halides is 1. The summed E-state index contributed by atoms with van der Waals surface area (Å²) < 4.78 is 0.938. The highest BCUT2D eigenvalue weighted by atomic mass is 127. The van der Waals surface area contributed by atoms with Crippen molar-refractivity contribution in [3.05, 3.63) is 27.3 Å². The zero-order valence-corrected chi connectivity index (χ0v) is 13.8. The Morgan fingerprint density at radius 3 is 2.72 bits per heavy atom. The maximum Gasteiger partial charge on any atom is 0.255 e. The van der Waals surface area contributed by atoms with E-state index in [1.807, 2.05) is 0 Å². The van der Waals surface area contributed by atoms with Gasteiger partial charge in [0.2, 0.25) is 0 Å². The van der Waals surface area contributed by atoms with Crippen LogP contribution in [0.4, 0.5) is 0 Å². The fourth-order valence-corrected chi connectivity index (χ4v) is 2.45. The number of carbonyl (C=O) groups is 1. The molecule has 0 saturated carbocycles. The minimum Gasteiger partial charge on any atom is -0.507 e. The summed E-state index contributed by atoms with van der Waals surface area (Å²) in [4.78, 5) is 11.8. The van der Waals surface area contributed by atoms with Gasteiger partial charge in [-0.2, -0.15) is 0 Å². The van der Waals surface area contributed by atoms with E-state index in [1.54, 1.807) is 18.2 Å². The van der Waals surface area contributed by atoms with E-state index >= 15 is 0 Å². The Bertz CT molecular complexity index is 399. The van der Waals surface area contributed by atoms with Gasteiger partial charge in [0.15, 0.2) is 0 Å². The van der Waals surface area contributed by atoms with Crippen molar-refractivity contribution in [3.8, 4) is 5.75 Å². The average Bonchev–Trinajstić information content (AvgIpc) is 2.36. The molecule has 0 aliphatic heterocycles. The zero-order chi connectivity index (χ0) is 13.4. The van der Waals surface area contributed by atoms with Crippen molar-refractivity contribution in [1.29, 1.82) is 0 Å². The molecule has 18 heavy (non-hydrogen) atoms. The molecule has 3 nitrogen and oxygen atoms in total. The van der Waals surface area contributed by atoms with Gasteiger partial charge in [0.1, 0.15) is 5.75 Å². The summed E-state index contributed by atoms with van der Waals surface area (Å²) in [6, 6.07) is 5.01. The van der Waals surface area contributed by atoms with Crippen molar-refractivity contribution >= 4 is 44.4 Å². The maximum atomic E-state index is 11.8. The van der Waals surface area contributed by atoms with Gasteiger partial charge in [-0.05, 0) is 53.6 Å². The van der Waals surface area contributed by atoms with E-state index in [0.29, 0.717) is 12.1 Å². The molecule has 0 aliphatic rings. The summed E-state index contributed by atoms with van der Waals surface area (Å²) in [6.45, 7) is 0.659. The van der Waals surface area contributed by atoms with E-state index in [1.165, 1.54) is 12.8 Å². The molecule has 0 atom stereocenters. The number of benzene rings is 1. The molecule has 0 spiro atoms. The minimum atomic E-state index is -0.202. The van der Waals surface area contributed by atoms with Crippen molar-refractivity contribution in [2.75, 3.05) is 11.9 Å². The highest BCUT2D eigenvalue weighted by molar-refractivity contribution is 14.1. The number of amides is 1. The Morgan fingerprint density at radius 2 is 2.00 bits per heavy atom. The molecule has 2 N–H and O–H groups in total. The van der Waals surface area contributed by atoms with Crippen LogP contribution in [0.3, 0.4) is 0 Å². The second kappa shape index (κ2) is 8.74. The van der Waals surface area contributed by atoms with Gasteiger partial charge in [-0.15, -0.1) is 0 Å². The van der Waals surface area contributed by atoms with Gasteiger partial charge < -0.3 is 10.4 Å². The molecule has 5 heteroatoms. The zero-order valence-electron chi connectivity index (χ0n) is 10.1. The number of phenols is 1. The molecule has 0 fully saturated rings. The second-order valence-corrected chi connectivity index (χ2v) is 6.06. The topological polar surface area (TPSA) is 49.3 Å². The molecule has 0 unspecified atom stereocenters. The van der Waals surface area contributed by atoms with Crippen LogP contribution in [0.25, 0.3) is 0 Å². The van der Waals surface area contributed by atoms with Crippen LogP contribution in [0, 0.1) is 3.57 Å². The lowest BCUT2D eigenvalue weighted by Crippen LogP contribution is -2.24. The van der Waals surface area contributed by atoms with Crippen LogP contribution in [-0.2, 0) is 0 Å². The van der Waals surface area contributed by atoms with Crippen molar-refractivity contribution in [2.24, 2.45) is 0 Å². The Labute approximate surface area is 130 Å². The number of rotatable bonds is 7. The number of unbranched alkanes of at least 4 members (excludes halogenated alkanes) is 3. The summed E-state index contributed by atoms with van der Waals surface area (Å²) in [7, 11) is 0. The standard InChI is InChI=1S/C13H17BrINO2/c14-7-3-1-2-4-8-16-13(18)11-9-10(15)5-6-12(11)17/h5-6,9,17H,1-4,7-8H2,(H,16,18). The lowest BCUT2D eigenvalue weighted by molar-refractivity contribution is 0.0950. The first kappa shape index (κ1) is 15.8. The van der Waals surface area contributed by atoms with Gasteiger partial charge in [0.25, 0.3) is 5.91 Å². The van der Waals surface area contributed by atoms with Crippen LogP contribution < -0.4 is 5.32 Å². The first-order valence-electron chi connectivity index (χ1n) is 5.98. The molecule has 1 amide bonds. The Hall–Kier alpha value is -0.300. The van der Waals surface area contributed by atoms with E-state index in [2.05, 4.69) is 43.8 Å². The number of halogens is 2. The third-order valence-corrected chi connectivity index (χ3v) is 3.78. The molecular weight excluding hydrogens is 409 g/mol. The van der Waals surface area contributed by atoms with Gasteiger partial charge in [-0.25, -0.2) is 0 Å². The summed E-state index contributed by atoms with van der Waals surface area (Å²) in [6.07, 6.45) is 4.44. The smallest absolute Gasteiger partial charge is 0.255 e. The molecule has 0 aliphatic carbocycles. The van der Waals surface area contributed by atoms with Gasteiger partial charge in [-0.3, -0.25) is 4.79 Å². The van der Waals surface area contributed by atoms with E-state index in [4.69, 9.17) is 0 Å². The average molecular weight is 426 g/mol. The molecule has 1 aromatic carbocycles. The highest BCUT2D eigenvalue weighted by Crippen LogP contribution is 2.19. The van der Waals surface area contributed by atoms with E-state index in [-0.39, 0.29) is 11.7 Å². The first-order valence-corrected chi connectivity index (χ1v) is 8.18. The molecule has 0 radical (unpaired) electrons. The fraction of sp³-hybridized carbons (Fsp3) is 0.462. The highest BCUT2D eigenvalue weighted by Gasteiger charge is 2.10. The molecule has 1 rings (SSSR count). The van der Waals surface area contributed by atoms with Gasteiger partial charge >= 0.3 is 0 Å². The lowest BCUT2D eigenvalue weighted by atomic mass is 10.1. The quantitative estimate of drug-likeness (QED) is 0.397. The summed E-state index contributed by atoms with van der Waals surface area (Å²) in [5.41, 5.74) is 0.349. The first-order chi connectivity index (χ1) is 8.65. The Balaban J connectivity index is 2.34.